The molecule has 6 nitrogen and oxygen atoms in total. The van der Waals surface area contributed by atoms with Crippen LogP contribution in [0.2, 0.25) is 0 Å². The molecule has 4 rings (SSSR count). The van der Waals surface area contributed by atoms with Crippen molar-refractivity contribution < 1.29 is 0 Å². The second kappa shape index (κ2) is 4.06. The lowest BCUT2D eigenvalue weighted by Gasteiger charge is -2.02. The highest BCUT2D eigenvalue weighted by atomic mass is 15.4. The lowest BCUT2D eigenvalue weighted by molar-refractivity contribution is 0.612. The van der Waals surface area contributed by atoms with E-state index in [4.69, 9.17) is 5.73 Å². The first-order chi connectivity index (χ1) is 9.70. The summed E-state index contributed by atoms with van der Waals surface area (Å²) >= 11 is 0. The van der Waals surface area contributed by atoms with Crippen molar-refractivity contribution in [2.24, 2.45) is 0 Å². The Morgan fingerprint density at radius 2 is 2.15 bits per heavy atom. The first-order valence-corrected chi connectivity index (χ1v) is 6.84. The second-order valence-electron chi connectivity index (χ2n) is 5.50. The van der Waals surface area contributed by atoms with Gasteiger partial charge in [-0.05, 0) is 31.4 Å². The maximum Gasteiger partial charge on any atom is 0.169 e. The van der Waals surface area contributed by atoms with E-state index >= 15 is 0 Å². The minimum atomic E-state index is 0.532. The molecule has 3 aromatic rings. The summed E-state index contributed by atoms with van der Waals surface area (Å²) in [6.07, 6.45) is 6.48. The highest BCUT2D eigenvalue weighted by molar-refractivity contribution is 5.42. The highest BCUT2D eigenvalue weighted by Crippen LogP contribution is 2.42. The molecule has 3 heterocycles. The molecular formula is C14H16N6. The van der Waals surface area contributed by atoms with Crippen molar-refractivity contribution in [2.75, 3.05) is 5.73 Å². The first kappa shape index (κ1) is 11.5. The molecule has 1 aliphatic carbocycles. The van der Waals surface area contributed by atoms with Crippen LogP contribution in [0.25, 0.3) is 5.65 Å². The number of hydrogen-bond acceptors (Lipinski definition) is 4. The quantitative estimate of drug-likeness (QED) is 0.785. The van der Waals surface area contributed by atoms with E-state index in [9.17, 15) is 0 Å². The van der Waals surface area contributed by atoms with E-state index in [1.165, 1.54) is 18.4 Å². The number of aryl methyl sites for hydroxylation is 1. The number of rotatable bonds is 3. The Hall–Kier alpha value is -2.37. The van der Waals surface area contributed by atoms with Gasteiger partial charge < -0.3 is 10.1 Å². The Morgan fingerprint density at radius 3 is 2.95 bits per heavy atom. The van der Waals surface area contributed by atoms with Crippen molar-refractivity contribution in [1.29, 1.82) is 0 Å². The fraction of sp³-hybridized carbons (Fsp3) is 0.357. The van der Waals surface area contributed by atoms with Gasteiger partial charge in [0.1, 0.15) is 5.65 Å². The van der Waals surface area contributed by atoms with E-state index in [-0.39, 0.29) is 0 Å². The number of nitrogen functional groups attached to an aromatic ring is 1. The minimum absolute atomic E-state index is 0.532. The third kappa shape index (κ3) is 1.84. The zero-order valence-electron chi connectivity index (χ0n) is 11.3. The average molecular weight is 268 g/mol. The molecule has 0 bridgehead atoms. The van der Waals surface area contributed by atoms with Crippen LogP contribution in [-0.2, 0) is 6.54 Å². The number of hydrogen-bond donors (Lipinski definition) is 1. The van der Waals surface area contributed by atoms with E-state index in [1.807, 2.05) is 21.3 Å². The third-order valence-electron chi connectivity index (χ3n) is 3.73. The predicted molar refractivity (Wildman–Crippen MR) is 75.4 cm³/mol. The smallest absolute Gasteiger partial charge is 0.169 e. The molecule has 0 unspecified atom stereocenters. The van der Waals surface area contributed by atoms with Crippen LogP contribution in [-0.4, -0.2) is 24.4 Å². The van der Waals surface area contributed by atoms with Gasteiger partial charge in [0.15, 0.2) is 5.82 Å². The molecule has 2 N–H and O–H groups in total. The molecule has 0 spiro atoms. The Bertz CT molecular complexity index is 780. The van der Waals surface area contributed by atoms with Crippen LogP contribution >= 0.6 is 0 Å². The maximum atomic E-state index is 5.91. The normalized spacial score (nSPS) is 15.1. The molecule has 3 aromatic heterocycles. The summed E-state index contributed by atoms with van der Waals surface area (Å²) in [5.41, 5.74) is 10.1. The zero-order valence-corrected chi connectivity index (χ0v) is 11.3. The van der Waals surface area contributed by atoms with Crippen LogP contribution in [0.15, 0.2) is 24.5 Å². The van der Waals surface area contributed by atoms with E-state index in [1.54, 1.807) is 0 Å². The standard InChI is InChI=1S/C14H16N6/c1-9-2-5-12-16-11(7-19(12)6-9)8-20-13(10-3-4-10)14(15)17-18-20/h2,5-7,10H,3-4,8,15H2,1H3. The van der Waals surface area contributed by atoms with Crippen LogP contribution in [0.4, 0.5) is 5.82 Å². The number of anilines is 1. The Morgan fingerprint density at radius 1 is 1.30 bits per heavy atom. The van der Waals surface area contributed by atoms with Crippen LogP contribution in [0.3, 0.4) is 0 Å². The number of imidazole rings is 1. The van der Waals surface area contributed by atoms with Gasteiger partial charge in [0.05, 0.1) is 17.9 Å². The number of aromatic nitrogens is 5. The average Bonchev–Trinajstić information content (AvgIpc) is 3.07. The molecule has 1 saturated carbocycles. The summed E-state index contributed by atoms with van der Waals surface area (Å²) in [5, 5.41) is 8.15. The zero-order chi connectivity index (χ0) is 13.7. The van der Waals surface area contributed by atoms with Crippen LogP contribution in [0.1, 0.15) is 35.7 Å². The Labute approximate surface area is 116 Å². The molecule has 0 amide bonds. The van der Waals surface area contributed by atoms with Crippen LogP contribution in [0.5, 0.6) is 0 Å². The van der Waals surface area contributed by atoms with Crippen molar-refractivity contribution in [3.63, 3.8) is 0 Å². The van der Waals surface area contributed by atoms with Gasteiger partial charge in [-0.1, -0.05) is 11.3 Å². The molecular weight excluding hydrogens is 252 g/mol. The topological polar surface area (TPSA) is 74.0 Å². The summed E-state index contributed by atoms with van der Waals surface area (Å²) in [4.78, 5) is 4.61. The molecule has 6 heteroatoms. The predicted octanol–water partition coefficient (Wildman–Crippen LogP) is 1.74. The fourth-order valence-corrected chi connectivity index (χ4v) is 2.61. The highest BCUT2D eigenvalue weighted by Gasteiger charge is 2.30. The first-order valence-electron chi connectivity index (χ1n) is 6.84. The van der Waals surface area contributed by atoms with Crippen LogP contribution < -0.4 is 5.73 Å². The number of nitrogens with two attached hydrogens (primary N) is 1. The molecule has 0 aromatic carbocycles. The van der Waals surface area contributed by atoms with Crippen molar-refractivity contribution >= 4 is 11.5 Å². The molecule has 0 atom stereocenters. The number of nitrogens with zero attached hydrogens (tertiary/aromatic N) is 5. The van der Waals surface area contributed by atoms with Crippen molar-refractivity contribution in [2.45, 2.75) is 32.2 Å². The van der Waals surface area contributed by atoms with E-state index < -0.39 is 0 Å². The molecule has 0 radical (unpaired) electrons. The van der Waals surface area contributed by atoms with Gasteiger partial charge in [-0.15, -0.1) is 5.10 Å². The summed E-state index contributed by atoms with van der Waals surface area (Å²) in [6.45, 7) is 2.69. The Balaban J connectivity index is 1.70. The molecule has 0 saturated heterocycles. The van der Waals surface area contributed by atoms with Gasteiger partial charge in [0, 0.05) is 18.3 Å². The van der Waals surface area contributed by atoms with Crippen LogP contribution in [0, 0.1) is 6.92 Å². The third-order valence-corrected chi connectivity index (χ3v) is 3.73. The maximum absolute atomic E-state index is 5.91. The lowest BCUT2D eigenvalue weighted by atomic mass is 10.3. The SMILES string of the molecule is Cc1ccc2nc(Cn3nnc(N)c3C3CC3)cn2c1. The van der Waals surface area contributed by atoms with Crippen molar-refractivity contribution in [1.82, 2.24) is 24.4 Å². The number of pyridine rings is 1. The minimum Gasteiger partial charge on any atom is -0.381 e. The van der Waals surface area contributed by atoms with E-state index in [0.717, 1.165) is 17.0 Å². The summed E-state index contributed by atoms with van der Waals surface area (Å²) < 4.78 is 3.93. The molecule has 1 fully saturated rings. The summed E-state index contributed by atoms with van der Waals surface area (Å²) in [5.74, 6) is 1.09. The molecule has 0 aliphatic heterocycles. The van der Waals surface area contributed by atoms with Crippen molar-refractivity contribution in [3.05, 3.63) is 41.5 Å². The van der Waals surface area contributed by atoms with Gasteiger partial charge >= 0.3 is 0 Å². The van der Waals surface area contributed by atoms with E-state index in [0.29, 0.717) is 18.3 Å². The second-order valence-corrected chi connectivity index (χ2v) is 5.50. The lowest BCUT2D eigenvalue weighted by Crippen LogP contribution is -2.06. The summed E-state index contributed by atoms with van der Waals surface area (Å²) in [6, 6.07) is 4.09. The van der Waals surface area contributed by atoms with Gasteiger partial charge in [0.25, 0.3) is 0 Å². The van der Waals surface area contributed by atoms with Gasteiger partial charge in [-0.2, -0.15) is 0 Å². The molecule has 1 aliphatic rings. The van der Waals surface area contributed by atoms with Gasteiger partial charge in [-0.25, -0.2) is 9.67 Å². The largest absolute Gasteiger partial charge is 0.381 e. The van der Waals surface area contributed by atoms with Gasteiger partial charge in [0.2, 0.25) is 0 Å². The van der Waals surface area contributed by atoms with E-state index in [2.05, 4.69) is 34.5 Å². The fourth-order valence-electron chi connectivity index (χ4n) is 2.61. The number of fused-ring (bicyclic) bond motifs is 1. The molecule has 20 heavy (non-hydrogen) atoms. The monoisotopic (exact) mass is 268 g/mol. The van der Waals surface area contributed by atoms with Gasteiger partial charge in [-0.3, -0.25) is 0 Å². The molecule has 102 valence electrons. The summed E-state index contributed by atoms with van der Waals surface area (Å²) in [7, 11) is 0. The Kier molecular flexibility index (Phi) is 2.33. The van der Waals surface area contributed by atoms with Crippen molar-refractivity contribution in [3.8, 4) is 0 Å².